The zero-order valence-corrected chi connectivity index (χ0v) is 15.7. The van der Waals surface area contributed by atoms with E-state index in [1.54, 1.807) is 4.90 Å². The van der Waals surface area contributed by atoms with Crippen LogP contribution in [0.1, 0.15) is 48.5 Å². The van der Waals surface area contributed by atoms with Crippen molar-refractivity contribution >= 4 is 17.5 Å². The summed E-state index contributed by atoms with van der Waals surface area (Å²) in [4.78, 5) is 26.9. The van der Waals surface area contributed by atoms with E-state index < -0.39 is 0 Å². The minimum atomic E-state index is -0.370. The molecule has 0 spiro atoms. The maximum atomic E-state index is 13.1. The predicted octanol–water partition coefficient (Wildman–Crippen LogP) is 4.44. The number of hydrogen-bond donors (Lipinski definition) is 1. The Kier molecular flexibility index (Phi) is 5.89. The zero-order chi connectivity index (χ0) is 19.4. The van der Waals surface area contributed by atoms with Crippen LogP contribution >= 0.6 is 0 Å². The number of carbonyl (C=O) groups excluding carboxylic acids is 2. The van der Waals surface area contributed by atoms with Crippen LogP contribution in [0, 0.1) is 11.7 Å². The summed E-state index contributed by atoms with van der Waals surface area (Å²) in [6, 6.07) is 13.4. The van der Waals surface area contributed by atoms with Crippen LogP contribution in [-0.4, -0.2) is 29.8 Å². The van der Waals surface area contributed by atoms with Crippen LogP contribution in [0.2, 0.25) is 0 Å². The Morgan fingerprint density at radius 2 is 1.74 bits per heavy atom. The van der Waals surface area contributed by atoms with Gasteiger partial charge in [-0.15, -0.1) is 0 Å². The quantitative estimate of drug-likeness (QED) is 0.867. The average Bonchev–Trinajstić information content (AvgIpc) is 2.68. The Balaban J connectivity index is 1.62. The number of piperidine rings is 1. The molecule has 4 nitrogen and oxygen atoms in total. The van der Waals surface area contributed by atoms with Gasteiger partial charge in [0.25, 0.3) is 5.91 Å². The fraction of sp³-hybridized carbons (Fsp3) is 0.364. The summed E-state index contributed by atoms with van der Waals surface area (Å²) in [6.45, 7) is 5.25. The van der Waals surface area contributed by atoms with Gasteiger partial charge >= 0.3 is 0 Å². The summed E-state index contributed by atoms with van der Waals surface area (Å²) in [5, 5.41) is 2.96. The largest absolute Gasteiger partial charge is 0.338 e. The molecule has 1 N–H and O–H groups in total. The maximum Gasteiger partial charge on any atom is 0.253 e. The third kappa shape index (κ3) is 4.73. The van der Waals surface area contributed by atoms with E-state index in [9.17, 15) is 14.0 Å². The third-order valence-electron chi connectivity index (χ3n) is 5.02. The Morgan fingerprint density at radius 3 is 2.37 bits per heavy atom. The lowest BCUT2D eigenvalue weighted by Crippen LogP contribution is -2.43. The minimum absolute atomic E-state index is 0.0658. The lowest BCUT2D eigenvalue weighted by molar-refractivity contribution is -0.121. The highest BCUT2D eigenvalue weighted by molar-refractivity contribution is 5.96. The molecule has 1 aliphatic rings. The Bertz CT molecular complexity index is 800. The van der Waals surface area contributed by atoms with Crippen LogP contribution in [0.5, 0.6) is 0 Å². The van der Waals surface area contributed by atoms with Gasteiger partial charge in [-0.05, 0) is 60.7 Å². The summed E-state index contributed by atoms with van der Waals surface area (Å²) in [7, 11) is 0. The highest BCUT2D eigenvalue weighted by atomic mass is 19.1. The van der Waals surface area contributed by atoms with Crippen LogP contribution < -0.4 is 5.32 Å². The van der Waals surface area contributed by atoms with E-state index in [1.165, 1.54) is 29.8 Å². The fourth-order valence-electron chi connectivity index (χ4n) is 3.35. The highest BCUT2D eigenvalue weighted by Gasteiger charge is 2.29. The smallest absolute Gasteiger partial charge is 0.253 e. The van der Waals surface area contributed by atoms with E-state index in [0.717, 1.165) is 18.5 Å². The van der Waals surface area contributed by atoms with Gasteiger partial charge in [0, 0.05) is 24.3 Å². The van der Waals surface area contributed by atoms with Crippen molar-refractivity contribution in [2.45, 2.75) is 32.6 Å². The number of halogens is 1. The number of benzene rings is 2. The Morgan fingerprint density at radius 1 is 1.07 bits per heavy atom. The molecular weight excluding hydrogens is 343 g/mol. The molecule has 3 rings (SSSR count). The van der Waals surface area contributed by atoms with E-state index in [-0.39, 0.29) is 23.5 Å². The van der Waals surface area contributed by atoms with Gasteiger partial charge in [0.1, 0.15) is 5.82 Å². The summed E-state index contributed by atoms with van der Waals surface area (Å²) in [6.07, 6.45) is 1.53. The van der Waals surface area contributed by atoms with Gasteiger partial charge in [0.15, 0.2) is 0 Å². The molecule has 2 aromatic carbocycles. The molecule has 0 aliphatic carbocycles. The van der Waals surface area contributed by atoms with Gasteiger partial charge in [-0.25, -0.2) is 4.39 Å². The molecule has 0 unspecified atom stereocenters. The van der Waals surface area contributed by atoms with Gasteiger partial charge in [-0.2, -0.15) is 0 Å². The van der Waals surface area contributed by atoms with Gasteiger partial charge in [0.2, 0.25) is 5.91 Å². The van der Waals surface area contributed by atoms with E-state index in [1.807, 2.05) is 24.3 Å². The molecule has 1 fully saturated rings. The molecule has 0 bridgehead atoms. The highest BCUT2D eigenvalue weighted by Crippen LogP contribution is 2.22. The molecule has 142 valence electrons. The van der Waals surface area contributed by atoms with Crippen LogP contribution in [0.25, 0.3) is 0 Å². The van der Waals surface area contributed by atoms with Gasteiger partial charge in [-0.1, -0.05) is 26.0 Å². The topological polar surface area (TPSA) is 49.4 Å². The van der Waals surface area contributed by atoms with Gasteiger partial charge < -0.3 is 10.2 Å². The van der Waals surface area contributed by atoms with Crippen molar-refractivity contribution in [2.75, 3.05) is 18.4 Å². The second-order valence-electron chi connectivity index (χ2n) is 7.36. The number of rotatable bonds is 4. The van der Waals surface area contributed by atoms with Crippen molar-refractivity contribution in [2.24, 2.45) is 5.92 Å². The Hall–Kier alpha value is -2.69. The lowest BCUT2D eigenvalue weighted by atomic mass is 9.96. The molecule has 1 saturated heterocycles. The summed E-state index contributed by atoms with van der Waals surface area (Å²) in [5.74, 6) is -0.393. The van der Waals surface area contributed by atoms with E-state index in [2.05, 4.69) is 19.2 Å². The first kappa shape index (κ1) is 19.1. The standard InChI is InChI=1S/C22H25FN2O2/c1-15(2)16-7-11-20(12-8-16)24-21(26)18-4-3-13-25(14-18)22(27)17-5-9-19(23)10-6-17/h5-12,15,18H,3-4,13-14H2,1-2H3,(H,24,26)/t18-/m1/s1. The monoisotopic (exact) mass is 368 g/mol. The lowest BCUT2D eigenvalue weighted by Gasteiger charge is -2.32. The summed E-state index contributed by atoms with van der Waals surface area (Å²) >= 11 is 0. The van der Waals surface area contributed by atoms with Crippen LogP contribution in [0.4, 0.5) is 10.1 Å². The fourth-order valence-corrected chi connectivity index (χ4v) is 3.35. The van der Waals surface area contributed by atoms with E-state index in [4.69, 9.17) is 0 Å². The van der Waals surface area contributed by atoms with E-state index >= 15 is 0 Å². The second-order valence-corrected chi connectivity index (χ2v) is 7.36. The van der Waals surface area contributed by atoms with Crippen molar-refractivity contribution in [1.29, 1.82) is 0 Å². The molecule has 1 atom stereocenters. The number of anilines is 1. The third-order valence-corrected chi connectivity index (χ3v) is 5.02. The van der Waals surface area contributed by atoms with Crippen molar-refractivity contribution < 1.29 is 14.0 Å². The number of carbonyl (C=O) groups is 2. The molecule has 0 saturated carbocycles. The molecule has 0 radical (unpaired) electrons. The van der Waals surface area contributed by atoms with Crippen molar-refractivity contribution in [3.05, 3.63) is 65.5 Å². The molecule has 1 heterocycles. The Labute approximate surface area is 159 Å². The molecule has 0 aromatic heterocycles. The zero-order valence-electron chi connectivity index (χ0n) is 15.7. The van der Waals surface area contributed by atoms with Crippen LogP contribution in [-0.2, 0) is 4.79 Å². The molecule has 27 heavy (non-hydrogen) atoms. The van der Waals surface area contributed by atoms with Crippen molar-refractivity contribution in [3.63, 3.8) is 0 Å². The molecule has 5 heteroatoms. The SMILES string of the molecule is CC(C)c1ccc(NC(=O)[C@@H]2CCCN(C(=O)c3ccc(F)cc3)C2)cc1. The summed E-state index contributed by atoms with van der Waals surface area (Å²) < 4.78 is 13.1. The number of nitrogens with one attached hydrogen (secondary N) is 1. The van der Waals surface area contributed by atoms with Crippen LogP contribution in [0.3, 0.4) is 0 Å². The molecule has 2 amide bonds. The average molecular weight is 368 g/mol. The number of hydrogen-bond acceptors (Lipinski definition) is 2. The van der Waals surface area contributed by atoms with Crippen LogP contribution in [0.15, 0.2) is 48.5 Å². The van der Waals surface area contributed by atoms with Gasteiger partial charge in [0.05, 0.1) is 5.92 Å². The molecular formula is C22H25FN2O2. The van der Waals surface area contributed by atoms with Gasteiger partial charge in [-0.3, -0.25) is 9.59 Å². The molecule has 1 aliphatic heterocycles. The first-order chi connectivity index (χ1) is 12.9. The maximum absolute atomic E-state index is 13.1. The molecule has 2 aromatic rings. The first-order valence-corrected chi connectivity index (χ1v) is 9.39. The second kappa shape index (κ2) is 8.33. The van der Waals surface area contributed by atoms with E-state index in [0.29, 0.717) is 24.6 Å². The van der Waals surface area contributed by atoms with Crippen molar-refractivity contribution in [3.8, 4) is 0 Å². The van der Waals surface area contributed by atoms with Crippen molar-refractivity contribution in [1.82, 2.24) is 4.90 Å². The minimum Gasteiger partial charge on any atom is -0.338 e. The summed E-state index contributed by atoms with van der Waals surface area (Å²) in [5.41, 5.74) is 2.44. The predicted molar refractivity (Wildman–Crippen MR) is 104 cm³/mol. The number of nitrogens with zero attached hydrogens (tertiary/aromatic N) is 1. The number of likely N-dealkylation sites (tertiary alicyclic amines) is 1. The number of amides is 2. The first-order valence-electron chi connectivity index (χ1n) is 9.39. The normalized spacial score (nSPS) is 17.0.